The number of carbonyl (C=O) groups is 1. The molecular formula is C27H58O7Si2. The van der Waals surface area contributed by atoms with Gasteiger partial charge in [-0.2, -0.15) is 0 Å². The van der Waals surface area contributed by atoms with Crippen molar-refractivity contribution in [2.75, 3.05) is 42.7 Å². The maximum absolute atomic E-state index is 15.2. The summed E-state index contributed by atoms with van der Waals surface area (Å²) in [5.41, 5.74) is 0. The molecule has 0 aliphatic heterocycles. The molecule has 0 heterocycles. The Kier molecular flexibility index (Phi) is 18.1. The number of hydrogen-bond donors (Lipinski definition) is 0. The van der Waals surface area contributed by atoms with Gasteiger partial charge in [-0.25, -0.2) is 0 Å². The van der Waals surface area contributed by atoms with E-state index in [1.165, 1.54) is 25.7 Å². The highest BCUT2D eigenvalue weighted by molar-refractivity contribution is 6.74. The van der Waals surface area contributed by atoms with Crippen LogP contribution in [-0.4, -0.2) is 66.1 Å². The van der Waals surface area contributed by atoms with Gasteiger partial charge in [-0.3, -0.25) is 4.79 Å². The Morgan fingerprint density at radius 3 is 1.00 bits per heavy atom. The predicted octanol–water partition coefficient (Wildman–Crippen LogP) is 7.33. The highest BCUT2D eigenvalue weighted by Crippen LogP contribution is 2.60. The Hall–Kier alpha value is -0.136. The van der Waals surface area contributed by atoms with Crippen LogP contribution < -0.4 is 0 Å². The molecule has 36 heavy (non-hydrogen) atoms. The molecule has 9 heteroatoms. The summed E-state index contributed by atoms with van der Waals surface area (Å²) in [4.78, 5) is 15.2. The molecule has 0 N–H and O–H groups in total. The molecule has 0 saturated carbocycles. The molecule has 0 bridgehead atoms. The first-order valence-electron chi connectivity index (χ1n) is 14.1. The molecule has 2 atom stereocenters. The van der Waals surface area contributed by atoms with E-state index in [-0.39, 0.29) is 5.78 Å². The van der Waals surface area contributed by atoms with Crippen LogP contribution in [0, 0.1) is 0 Å². The lowest BCUT2D eigenvalue weighted by molar-refractivity contribution is -0.131. The maximum Gasteiger partial charge on any atom is 0.514 e. The fourth-order valence-electron chi connectivity index (χ4n) is 6.11. The zero-order chi connectivity index (χ0) is 27.7. The third kappa shape index (κ3) is 7.49. The molecule has 0 aromatic rings. The van der Waals surface area contributed by atoms with Crippen LogP contribution in [-0.2, 0) is 31.4 Å². The van der Waals surface area contributed by atoms with Gasteiger partial charge in [-0.05, 0) is 25.7 Å². The smallest absolute Gasteiger partial charge is 0.376 e. The standard InChI is InChI=1S/C27H58O7Si2/c1-11-15-17-19-21-23-26(13-3,35(29-5,30-6)31-7)25(28)27(14-4,24-22-20-18-16-12-2)36(32-8,33-9)34-10/h11-24H2,1-10H3. The second kappa shape index (κ2) is 18.2. The van der Waals surface area contributed by atoms with Crippen LogP contribution in [0.4, 0.5) is 0 Å². The van der Waals surface area contributed by atoms with Gasteiger partial charge in [0.05, 0.1) is 10.1 Å². The number of hydrogen-bond acceptors (Lipinski definition) is 7. The number of ketones is 1. The molecule has 0 aliphatic carbocycles. The van der Waals surface area contributed by atoms with Crippen molar-refractivity contribution in [3.8, 4) is 0 Å². The Balaban J connectivity index is 6.85. The van der Waals surface area contributed by atoms with Gasteiger partial charge in [0.1, 0.15) is 0 Å². The number of unbranched alkanes of at least 4 members (excludes halogenated alkanes) is 8. The lowest BCUT2D eigenvalue weighted by Crippen LogP contribution is -2.65. The van der Waals surface area contributed by atoms with Crippen molar-refractivity contribution >= 4 is 23.4 Å². The maximum atomic E-state index is 15.2. The van der Waals surface area contributed by atoms with Gasteiger partial charge in [0, 0.05) is 42.7 Å². The highest BCUT2D eigenvalue weighted by atomic mass is 28.4. The van der Waals surface area contributed by atoms with Crippen LogP contribution in [0.15, 0.2) is 0 Å². The highest BCUT2D eigenvalue weighted by Gasteiger charge is 2.72. The molecule has 7 nitrogen and oxygen atoms in total. The van der Waals surface area contributed by atoms with E-state index in [4.69, 9.17) is 26.6 Å². The summed E-state index contributed by atoms with van der Waals surface area (Å²) in [6.45, 7) is 8.53. The number of Topliss-reactive ketones (excluding diaryl/α,β-unsaturated/α-hetero) is 1. The lowest BCUT2D eigenvalue weighted by atomic mass is 9.81. The van der Waals surface area contributed by atoms with Crippen molar-refractivity contribution in [3.05, 3.63) is 0 Å². The zero-order valence-corrected chi connectivity index (χ0v) is 27.3. The number of rotatable bonds is 24. The molecule has 0 radical (unpaired) electrons. The minimum absolute atomic E-state index is 0.0698. The summed E-state index contributed by atoms with van der Waals surface area (Å²) in [6, 6.07) is 0. The minimum Gasteiger partial charge on any atom is -0.376 e. The molecule has 0 amide bonds. The first-order chi connectivity index (χ1) is 17.3. The van der Waals surface area contributed by atoms with E-state index in [0.717, 1.165) is 38.5 Å². The summed E-state index contributed by atoms with van der Waals surface area (Å²) >= 11 is 0. The molecule has 2 unspecified atom stereocenters. The van der Waals surface area contributed by atoms with Gasteiger partial charge < -0.3 is 26.6 Å². The summed E-state index contributed by atoms with van der Waals surface area (Å²) in [6.07, 6.45) is 13.4. The first kappa shape index (κ1) is 35.9. The van der Waals surface area contributed by atoms with Crippen LogP contribution in [0.25, 0.3) is 0 Å². The molecule has 0 rings (SSSR count). The van der Waals surface area contributed by atoms with Crippen molar-refractivity contribution in [1.82, 2.24) is 0 Å². The molecule has 0 spiro atoms. The van der Waals surface area contributed by atoms with Crippen molar-refractivity contribution in [2.45, 2.75) is 128 Å². The molecular weight excluding hydrogens is 492 g/mol. The van der Waals surface area contributed by atoms with E-state index in [2.05, 4.69) is 27.7 Å². The van der Waals surface area contributed by atoms with E-state index in [9.17, 15) is 0 Å². The van der Waals surface area contributed by atoms with Gasteiger partial charge in [0.25, 0.3) is 0 Å². The molecule has 0 aliphatic rings. The second-order valence-electron chi connectivity index (χ2n) is 9.87. The fourth-order valence-corrected chi connectivity index (χ4v) is 12.4. The second-order valence-corrected chi connectivity index (χ2v) is 16.5. The van der Waals surface area contributed by atoms with Crippen molar-refractivity contribution < 1.29 is 31.4 Å². The van der Waals surface area contributed by atoms with Gasteiger partial charge in [-0.1, -0.05) is 91.9 Å². The van der Waals surface area contributed by atoms with E-state index >= 15 is 4.79 Å². The zero-order valence-electron chi connectivity index (χ0n) is 25.3. The Morgan fingerprint density at radius 2 is 0.778 bits per heavy atom. The van der Waals surface area contributed by atoms with Crippen molar-refractivity contribution in [1.29, 1.82) is 0 Å². The van der Waals surface area contributed by atoms with Crippen LogP contribution >= 0.6 is 0 Å². The third-order valence-corrected chi connectivity index (χ3v) is 15.5. The third-order valence-electron chi connectivity index (χ3n) is 8.28. The summed E-state index contributed by atoms with van der Waals surface area (Å²) < 4.78 is 36.4. The van der Waals surface area contributed by atoms with Crippen LogP contribution in [0.3, 0.4) is 0 Å². The van der Waals surface area contributed by atoms with Gasteiger partial charge in [0.15, 0.2) is 5.78 Å². The normalized spacial score (nSPS) is 16.1. The summed E-state index contributed by atoms with van der Waals surface area (Å²) in [5.74, 6) is 0.0698. The van der Waals surface area contributed by atoms with Gasteiger partial charge in [0.2, 0.25) is 0 Å². The Morgan fingerprint density at radius 1 is 0.500 bits per heavy atom. The van der Waals surface area contributed by atoms with Gasteiger partial charge in [-0.15, -0.1) is 0 Å². The SMILES string of the molecule is CCCCCCCC(CC)(C(=O)C(CC)(CCCCCCC)[Si](OC)(OC)OC)[Si](OC)(OC)OC. The fraction of sp³-hybridized carbons (Fsp3) is 0.963. The lowest BCUT2D eigenvalue weighted by Gasteiger charge is -2.50. The first-order valence-corrected chi connectivity index (χ1v) is 17.6. The Bertz CT molecular complexity index is 520. The molecule has 0 aromatic heterocycles. The molecule has 0 aromatic carbocycles. The number of carbonyl (C=O) groups excluding carboxylic acids is 1. The van der Waals surface area contributed by atoms with Crippen LogP contribution in [0.1, 0.15) is 118 Å². The van der Waals surface area contributed by atoms with Crippen molar-refractivity contribution in [2.24, 2.45) is 0 Å². The van der Waals surface area contributed by atoms with E-state index in [0.29, 0.717) is 25.7 Å². The minimum atomic E-state index is -3.43. The van der Waals surface area contributed by atoms with Crippen LogP contribution in [0.2, 0.25) is 10.1 Å². The van der Waals surface area contributed by atoms with Gasteiger partial charge >= 0.3 is 17.6 Å². The average molecular weight is 551 g/mol. The largest absolute Gasteiger partial charge is 0.514 e. The summed E-state index contributed by atoms with van der Waals surface area (Å²) in [5, 5.41) is -1.85. The topological polar surface area (TPSA) is 72.5 Å². The molecule has 0 fully saturated rings. The predicted molar refractivity (Wildman–Crippen MR) is 151 cm³/mol. The van der Waals surface area contributed by atoms with E-state index in [1.54, 1.807) is 42.7 Å². The molecule has 216 valence electrons. The quantitative estimate of drug-likeness (QED) is 0.0920. The monoisotopic (exact) mass is 550 g/mol. The summed E-state index contributed by atoms with van der Waals surface area (Å²) in [7, 11) is 2.81. The van der Waals surface area contributed by atoms with Crippen molar-refractivity contribution in [3.63, 3.8) is 0 Å². The van der Waals surface area contributed by atoms with Crippen LogP contribution in [0.5, 0.6) is 0 Å². The molecule has 0 saturated heterocycles. The average Bonchev–Trinajstić information content (AvgIpc) is 2.92. The van der Waals surface area contributed by atoms with E-state index in [1.807, 2.05) is 0 Å². The Labute approximate surface area is 225 Å². The van der Waals surface area contributed by atoms with E-state index < -0.39 is 27.7 Å².